The number of sulfonamides is 1. The number of aromatic nitrogens is 2. The predicted octanol–water partition coefficient (Wildman–Crippen LogP) is 3.70. The van der Waals surface area contributed by atoms with E-state index < -0.39 is 45.7 Å². The molecule has 1 atom stereocenters. The van der Waals surface area contributed by atoms with Gasteiger partial charge in [-0.2, -0.15) is 18.3 Å². The smallest absolute Gasteiger partial charge is 0.427 e. The average Bonchev–Trinajstić information content (AvgIpc) is 3.25. The number of fused-ring (bicyclic) bond motifs is 1. The summed E-state index contributed by atoms with van der Waals surface area (Å²) in [7, 11) is -4.36. The van der Waals surface area contributed by atoms with Crippen LogP contribution in [0.2, 0.25) is 0 Å². The van der Waals surface area contributed by atoms with Crippen molar-refractivity contribution in [3.05, 3.63) is 30.1 Å². The van der Waals surface area contributed by atoms with E-state index in [1.54, 1.807) is 20.8 Å². The maximum absolute atomic E-state index is 14.0. The molecular weight excluding hydrogens is 625 g/mol. The van der Waals surface area contributed by atoms with E-state index in [2.05, 4.69) is 25.8 Å². The molecule has 1 aromatic carbocycles. The van der Waals surface area contributed by atoms with Crippen molar-refractivity contribution < 1.29 is 50.2 Å². The molecule has 0 spiro atoms. The number of alkyl halides is 3. The van der Waals surface area contributed by atoms with Crippen LogP contribution in [0.1, 0.15) is 47.2 Å². The molecule has 0 bridgehead atoms. The lowest BCUT2D eigenvalue weighted by Crippen LogP contribution is -2.48. The minimum Gasteiger partial charge on any atom is -0.484 e. The largest absolute Gasteiger partial charge is 0.484 e. The van der Waals surface area contributed by atoms with E-state index in [4.69, 9.17) is 9.47 Å². The number of carbonyl (C=O) groups excluding carboxylic acids is 3. The lowest BCUT2D eigenvalue weighted by molar-refractivity contribution is -0.242. The highest BCUT2D eigenvalue weighted by atomic mass is 32.2. The zero-order chi connectivity index (χ0) is 34.0. The Bertz CT molecular complexity index is 1540. The maximum atomic E-state index is 14.0. The number of ether oxygens (including phenoxy) is 3. The highest BCUT2D eigenvalue weighted by Gasteiger charge is 2.51. The van der Waals surface area contributed by atoms with Gasteiger partial charge < -0.3 is 24.8 Å². The van der Waals surface area contributed by atoms with Gasteiger partial charge in [-0.3, -0.25) is 19.1 Å². The minimum atomic E-state index is -4.84. The molecule has 1 aliphatic heterocycles. The number of nitrogens with one attached hydrogen (secondary N) is 3. The molecule has 14 nitrogen and oxygen atoms in total. The molecule has 0 radical (unpaired) electrons. The first-order valence-corrected chi connectivity index (χ1v) is 15.2. The lowest BCUT2D eigenvalue weighted by atomic mass is 10.1. The summed E-state index contributed by atoms with van der Waals surface area (Å²) in [5.41, 5.74) is -3.44. The van der Waals surface area contributed by atoms with Crippen molar-refractivity contribution in [3.63, 3.8) is 0 Å². The summed E-state index contributed by atoms with van der Waals surface area (Å²) < 4.78 is 85.6. The first kappa shape index (κ1) is 35.3. The second-order valence-electron chi connectivity index (χ2n) is 11.7. The van der Waals surface area contributed by atoms with Gasteiger partial charge in [0.05, 0.1) is 31.0 Å². The summed E-state index contributed by atoms with van der Waals surface area (Å²) in [6, 6.07) is 3.85. The summed E-state index contributed by atoms with van der Waals surface area (Å²) >= 11 is 0. The van der Waals surface area contributed by atoms with E-state index in [0.29, 0.717) is 13.8 Å². The normalized spacial score (nSPS) is 15.4. The van der Waals surface area contributed by atoms with E-state index in [1.807, 2.05) is 0 Å². The number of hydrogen-bond donors (Lipinski definition) is 3. The molecule has 0 aliphatic carbocycles. The number of amides is 3. The molecule has 3 N–H and O–H groups in total. The average molecular weight is 663 g/mol. The van der Waals surface area contributed by atoms with Gasteiger partial charge >= 0.3 is 18.4 Å². The fraction of sp³-hybridized carbons (Fsp3) is 0.556. The second kappa shape index (κ2) is 13.0. The molecule has 0 saturated heterocycles. The van der Waals surface area contributed by atoms with E-state index in [0.717, 1.165) is 4.31 Å². The Kier molecular flexibility index (Phi) is 10.2. The second-order valence-corrected chi connectivity index (χ2v) is 13.5. The molecule has 0 unspecified atom stereocenters. The summed E-state index contributed by atoms with van der Waals surface area (Å²) in [5, 5.41) is 11.6. The SMILES string of the molecule is CC(=O)NC[C@H]1CN(S(=O)(=O)c2cn(CCNC(=O)OC(C)(C)C)nc2C)c2cc(NC(=O)OC(C)(C)C(F)(F)F)ccc2O1. The number of anilines is 2. The summed E-state index contributed by atoms with van der Waals surface area (Å²) in [6.45, 7) is 9.19. The number of benzene rings is 1. The summed E-state index contributed by atoms with van der Waals surface area (Å²) in [4.78, 5) is 35.6. The Labute approximate surface area is 258 Å². The van der Waals surface area contributed by atoms with Gasteiger partial charge in [-0.25, -0.2) is 18.0 Å². The Hall–Kier alpha value is -4.22. The molecule has 0 fully saturated rings. The zero-order valence-electron chi connectivity index (χ0n) is 25.9. The predicted molar refractivity (Wildman–Crippen MR) is 156 cm³/mol. The number of alkyl carbamates (subject to hydrolysis) is 1. The van der Waals surface area contributed by atoms with Crippen LogP contribution in [0.5, 0.6) is 5.75 Å². The highest BCUT2D eigenvalue weighted by Crippen LogP contribution is 2.40. The fourth-order valence-electron chi connectivity index (χ4n) is 3.99. The first-order valence-electron chi connectivity index (χ1n) is 13.7. The van der Waals surface area contributed by atoms with Crippen LogP contribution in [0.25, 0.3) is 0 Å². The van der Waals surface area contributed by atoms with Crippen LogP contribution in [0, 0.1) is 6.92 Å². The molecule has 3 amide bonds. The van der Waals surface area contributed by atoms with Crippen molar-refractivity contribution in [3.8, 4) is 5.75 Å². The van der Waals surface area contributed by atoms with Crippen LogP contribution in [0.4, 0.5) is 34.1 Å². The highest BCUT2D eigenvalue weighted by molar-refractivity contribution is 7.92. The first-order chi connectivity index (χ1) is 20.6. The van der Waals surface area contributed by atoms with E-state index in [9.17, 15) is 36.0 Å². The third kappa shape index (κ3) is 9.15. The number of hydrogen-bond acceptors (Lipinski definition) is 9. The van der Waals surface area contributed by atoms with E-state index >= 15 is 0 Å². The number of aryl methyl sites for hydroxylation is 1. The number of halogens is 3. The molecule has 18 heteroatoms. The van der Waals surface area contributed by atoms with Crippen molar-refractivity contribution in [2.45, 2.75) is 83.4 Å². The third-order valence-corrected chi connectivity index (χ3v) is 8.11. The molecule has 1 aliphatic rings. The Morgan fingerprint density at radius 1 is 1.07 bits per heavy atom. The minimum absolute atomic E-state index is 0.0271. The van der Waals surface area contributed by atoms with Crippen molar-refractivity contribution in [1.82, 2.24) is 20.4 Å². The fourth-order valence-corrected chi connectivity index (χ4v) is 5.66. The van der Waals surface area contributed by atoms with E-state index in [-0.39, 0.29) is 59.8 Å². The lowest BCUT2D eigenvalue weighted by Gasteiger charge is -2.35. The molecular formula is C27H37F3N6O8S. The van der Waals surface area contributed by atoms with Gasteiger partial charge in [-0.15, -0.1) is 0 Å². The topological polar surface area (TPSA) is 170 Å². The molecule has 1 aromatic heterocycles. The zero-order valence-corrected chi connectivity index (χ0v) is 26.7. The molecule has 2 heterocycles. The van der Waals surface area contributed by atoms with Crippen LogP contribution in [0.3, 0.4) is 0 Å². The number of carbonyl (C=O) groups is 3. The van der Waals surface area contributed by atoms with Gasteiger partial charge in [0.25, 0.3) is 10.0 Å². The maximum Gasteiger partial charge on any atom is 0.427 e. The monoisotopic (exact) mass is 662 g/mol. The van der Waals surface area contributed by atoms with Crippen LogP contribution in [0.15, 0.2) is 29.3 Å². The number of nitrogens with zero attached hydrogens (tertiary/aromatic N) is 3. The third-order valence-electron chi connectivity index (χ3n) is 6.22. The Balaban J connectivity index is 1.89. The van der Waals surface area contributed by atoms with Crippen molar-refractivity contribution in [1.29, 1.82) is 0 Å². The number of rotatable bonds is 9. The molecule has 45 heavy (non-hydrogen) atoms. The van der Waals surface area contributed by atoms with Crippen molar-refractivity contribution >= 4 is 39.5 Å². The quantitative estimate of drug-likeness (QED) is 0.362. The molecule has 250 valence electrons. The van der Waals surface area contributed by atoms with Crippen LogP contribution in [-0.4, -0.2) is 79.4 Å². The van der Waals surface area contributed by atoms with Gasteiger partial charge in [0.2, 0.25) is 11.5 Å². The molecule has 2 aromatic rings. The van der Waals surface area contributed by atoms with Gasteiger partial charge in [-0.1, -0.05) is 0 Å². The summed E-state index contributed by atoms with van der Waals surface area (Å²) in [6.07, 6.45) is -6.43. The van der Waals surface area contributed by atoms with Crippen molar-refractivity contribution in [2.75, 3.05) is 29.3 Å². The standard InChI is InChI=1S/C27H37F3N6O8S/c1-16-22(15-35(34-16)11-10-31-23(38)43-25(3,4)5)45(40,41)36-14-19(13-32-17(2)37)42-21-9-8-18(12-20(21)36)33-24(39)44-26(6,7)27(28,29)30/h8-9,12,15,19H,10-11,13-14H2,1-7H3,(H,31,38)(H,32,37)(H,33,39)/t19-/m0/s1. The van der Waals surface area contributed by atoms with Gasteiger partial charge in [0.15, 0.2) is 0 Å². The van der Waals surface area contributed by atoms with Crippen LogP contribution in [-0.2, 0) is 30.8 Å². The van der Waals surface area contributed by atoms with Crippen molar-refractivity contribution in [2.24, 2.45) is 0 Å². The Morgan fingerprint density at radius 2 is 1.73 bits per heavy atom. The van der Waals surface area contributed by atoms with E-state index in [1.165, 1.54) is 42.9 Å². The Morgan fingerprint density at radius 3 is 2.33 bits per heavy atom. The van der Waals surface area contributed by atoms with Crippen LogP contribution >= 0.6 is 0 Å². The van der Waals surface area contributed by atoms with Gasteiger partial charge in [0.1, 0.15) is 22.4 Å². The van der Waals surface area contributed by atoms with Gasteiger partial charge in [0, 0.05) is 25.4 Å². The van der Waals surface area contributed by atoms with Crippen LogP contribution < -0.4 is 25.0 Å². The summed E-state index contributed by atoms with van der Waals surface area (Å²) in [5.74, 6) is -0.294. The molecule has 0 saturated carbocycles. The van der Waals surface area contributed by atoms with Gasteiger partial charge in [-0.05, 0) is 59.7 Å². The molecule has 3 rings (SSSR count).